The molecule has 0 amide bonds. The predicted octanol–water partition coefficient (Wildman–Crippen LogP) is 5.31. The average Bonchev–Trinajstić information content (AvgIpc) is 3.23. The van der Waals surface area contributed by atoms with E-state index in [1.54, 1.807) is 20.4 Å². The number of aromatic nitrogens is 2. The Bertz CT molecular complexity index is 1120. The Balaban J connectivity index is 1.76. The van der Waals surface area contributed by atoms with E-state index < -0.39 is 0 Å². The van der Waals surface area contributed by atoms with Gasteiger partial charge < -0.3 is 9.47 Å². The summed E-state index contributed by atoms with van der Waals surface area (Å²) in [6.45, 7) is 0. The Hall–Kier alpha value is -3.86. The Morgan fingerprint density at radius 2 is 1.55 bits per heavy atom. The first-order valence-corrected chi connectivity index (χ1v) is 9.25. The Labute approximate surface area is 169 Å². The number of ether oxygens (including phenoxy) is 2. The fourth-order valence-corrected chi connectivity index (χ4v) is 3.03. The number of para-hydroxylation sites is 1. The Kier molecular flexibility index (Phi) is 5.38. The molecular formula is C24H21N3O2. The molecule has 0 aliphatic carbocycles. The molecule has 0 saturated heterocycles. The van der Waals surface area contributed by atoms with Crippen LogP contribution in [0, 0.1) is 0 Å². The molecule has 0 aliphatic heterocycles. The maximum atomic E-state index is 5.47. The second-order valence-electron chi connectivity index (χ2n) is 6.37. The highest BCUT2D eigenvalue weighted by Crippen LogP contribution is 2.28. The average molecular weight is 383 g/mol. The summed E-state index contributed by atoms with van der Waals surface area (Å²) in [7, 11) is 3.26. The van der Waals surface area contributed by atoms with Gasteiger partial charge in [0.25, 0.3) is 0 Å². The largest absolute Gasteiger partial charge is 0.497 e. The van der Waals surface area contributed by atoms with Crippen molar-refractivity contribution in [2.45, 2.75) is 0 Å². The van der Waals surface area contributed by atoms with E-state index >= 15 is 0 Å². The van der Waals surface area contributed by atoms with Gasteiger partial charge in [0.2, 0.25) is 0 Å². The van der Waals surface area contributed by atoms with Crippen LogP contribution >= 0.6 is 0 Å². The second-order valence-corrected chi connectivity index (χ2v) is 6.37. The summed E-state index contributed by atoms with van der Waals surface area (Å²) >= 11 is 0. The van der Waals surface area contributed by atoms with Crippen molar-refractivity contribution in [1.82, 2.24) is 9.78 Å². The van der Waals surface area contributed by atoms with Crippen LogP contribution in [0.4, 0.5) is 5.82 Å². The molecule has 5 heteroatoms. The zero-order valence-corrected chi connectivity index (χ0v) is 16.3. The molecule has 0 spiro atoms. The lowest BCUT2D eigenvalue weighted by Gasteiger charge is -2.07. The summed E-state index contributed by atoms with van der Waals surface area (Å²) in [4.78, 5) is 4.72. The van der Waals surface area contributed by atoms with Crippen LogP contribution in [0.2, 0.25) is 0 Å². The third-order valence-corrected chi connectivity index (χ3v) is 4.54. The standard InChI is InChI=1S/C24H21N3O2/c1-28-21-14-13-19(23(15-21)29-2)17-25-24-16-22(18-9-5-3-6-10-18)26-27(24)20-11-7-4-8-12-20/h3-17H,1-2H3. The van der Waals surface area contributed by atoms with Gasteiger partial charge in [-0.05, 0) is 24.3 Å². The molecule has 0 bridgehead atoms. The van der Waals surface area contributed by atoms with Gasteiger partial charge in [-0.15, -0.1) is 0 Å². The van der Waals surface area contributed by atoms with Crippen molar-refractivity contribution >= 4 is 12.0 Å². The van der Waals surface area contributed by atoms with E-state index in [4.69, 9.17) is 19.6 Å². The maximum Gasteiger partial charge on any atom is 0.156 e. The lowest BCUT2D eigenvalue weighted by Crippen LogP contribution is -1.96. The Morgan fingerprint density at radius 1 is 0.828 bits per heavy atom. The van der Waals surface area contributed by atoms with E-state index in [2.05, 4.69) is 0 Å². The predicted molar refractivity (Wildman–Crippen MR) is 116 cm³/mol. The Morgan fingerprint density at radius 3 is 2.24 bits per heavy atom. The molecule has 5 nitrogen and oxygen atoms in total. The van der Waals surface area contributed by atoms with Crippen LogP contribution in [0.5, 0.6) is 11.5 Å². The van der Waals surface area contributed by atoms with Crippen molar-refractivity contribution in [1.29, 1.82) is 0 Å². The minimum atomic E-state index is 0.696. The molecule has 3 aromatic carbocycles. The lowest BCUT2D eigenvalue weighted by molar-refractivity contribution is 0.394. The molecule has 0 fully saturated rings. The second kappa shape index (κ2) is 8.44. The molecule has 4 aromatic rings. The number of methoxy groups -OCH3 is 2. The van der Waals surface area contributed by atoms with E-state index in [1.165, 1.54) is 0 Å². The molecule has 0 N–H and O–H groups in total. The first kappa shape index (κ1) is 18.5. The number of nitrogens with zero attached hydrogens (tertiary/aromatic N) is 3. The molecule has 0 radical (unpaired) electrons. The summed E-state index contributed by atoms with van der Waals surface area (Å²) in [5.41, 5.74) is 3.71. The fraction of sp³-hybridized carbons (Fsp3) is 0.0833. The van der Waals surface area contributed by atoms with Crippen molar-refractivity contribution in [2.75, 3.05) is 14.2 Å². The van der Waals surface area contributed by atoms with Crippen molar-refractivity contribution in [3.8, 4) is 28.4 Å². The third-order valence-electron chi connectivity index (χ3n) is 4.54. The topological polar surface area (TPSA) is 48.6 Å². The zero-order valence-electron chi connectivity index (χ0n) is 16.3. The van der Waals surface area contributed by atoms with E-state index in [-0.39, 0.29) is 0 Å². The number of benzene rings is 3. The van der Waals surface area contributed by atoms with Crippen LogP contribution in [0.1, 0.15) is 5.56 Å². The maximum absolute atomic E-state index is 5.47. The van der Waals surface area contributed by atoms with Gasteiger partial charge in [0.05, 0.1) is 25.6 Å². The smallest absolute Gasteiger partial charge is 0.156 e. The molecule has 1 aromatic heterocycles. The minimum absolute atomic E-state index is 0.696. The van der Waals surface area contributed by atoms with Gasteiger partial charge in [0.1, 0.15) is 11.5 Å². The van der Waals surface area contributed by atoms with Crippen LogP contribution < -0.4 is 9.47 Å². The van der Waals surface area contributed by atoms with E-state index in [0.29, 0.717) is 5.75 Å². The van der Waals surface area contributed by atoms with E-state index in [1.807, 2.05) is 89.6 Å². The summed E-state index contributed by atoms with van der Waals surface area (Å²) in [5, 5.41) is 4.78. The van der Waals surface area contributed by atoms with Crippen LogP contribution in [0.25, 0.3) is 16.9 Å². The van der Waals surface area contributed by atoms with Gasteiger partial charge in [-0.1, -0.05) is 48.5 Å². The van der Waals surface area contributed by atoms with Gasteiger partial charge in [-0.25, -0.2) is 9.67 Å². The van der Waals surface area contributed by atoms with Gasteiger partial charge in [-0.2, -0.15) is 5.10 Å². The number of hydrogen-bond acceptors (Lipinski definition) is 4. The van der Waals surface area contributed by atoms with E-state index in [9.17, 15) is 0 Å². The highest BCUT2D eigenvalue weighted by Gasteiger charge is 2.11. The first-order valence-electron chi connectivity index (χ1n) is 9.25. The van der Waals surface area contributed by atoms with E-state index in [0.717, 1.165) is 34.1 Å². The van der Waals surface area contributed by atoms with Crippen LogP contribution in [-0.4, -0.2) is 30.2 Å². The van der Waals surface area contributed by atoms with Gasteiger partial charge in [0, 0.05) is 29.5 Å². The lowest BCUT2D eigenvalue weighted by atomic mass is 10.1. The van der Waals surface area contributed by atoms with Crippen molar-refractivity contribution in [3.05, 3.63) is 90.5 Å². The molecule has 1 heterocycles. The van der Waals surface area contributed by atoms with Crippen LogP contribution in [0.3, 0.4) is 0 Å². The molecule has 29 heavy (non-hydrogen) atoms. The highest BCUT2D eigenvalue weighted by atomic mass is 16.5. The molecule has 144 valence electrons. The minimum Gasteiger partial charge on any atom is -0.497 e. The van der Waals surface area contributed by atoms with Gasteiger partial charge >= 0.3 is 0 Å². The highest BCUT2D eigenvalue weighted by molar-refractivity contribution is 5.86. The van der Waals surface area contributed by atoms with Crippen molar-refractivity contribution in [3.63, 3.8) is 0 Å². The number of aliphatic imine (C=N–C) groups is 1. The number of hydrogen-bond donors (Lipinski definition) is 0. The zero-order chi connectivity index (χ0) is 20.1. The van der Waals surface area contributed by atoms with Gasteiger partial charge in [-0.3, -0.25) is 0 Å². The fourth-order valence-electron chi connectivity index (χ4n) is 3.03. The third kappa shape index (κ3) is 4.04. The van der Waals surface area contributed by atoms with Crippen LogP contribution in [-0.2, 0) is 0 Å². The molecule has 0 aliphatic rings. The quantitative estimate of drug-likeness (QED) is 0.424. The van der Waals surface area contributed by atoms with Crippen molar-refractivity contribution < 1.29 is 9.47 Å². The molecule has 0 saturated carbocycles. The molecule has 0 unspecified atom stereocenters. The SMILES string of the molecule is COc1ccc(C=Nc2cc(-c3ccccc3)nn2-c2ccccc2)c(OC)c1. The van der Waals surface area contributed by atoms with Crippen molar-refractivity contribution in [2.24, 2.45) is 4.99 Å². The summed E-state index contributed by atoms with van der Waals surface area (Å²) in [6, 6.07) is 27.7. The molecule has 4 rings (SSSR count). The van der Waals surface area contributed by atoms with Gasteiger partial charge in [0.15, 0.2) is 5.82 Å². The number of rotatable bonds is 6. The summed E-state index contributed by atoms with van der Waals surface area (Å²) in [5.74, 6) is 2.16. The summed E-state index contributed by atoms with van der Waals surface area (Å²) in [6.07, 6.45) is 1.78. The normalized spacial score (nSPS) is 11.0. The first-order chi connectivity index (χ1) is 14.3. The van der Waals surface area contributed by atoms with Crippen LogP contribution in [0.15, 0.2) is 89.9 Å². The summed E-state index contributed by atoms with van der Waals surface area (Å²) < 4.78 is 12.6. The molecular weight excluding hydrogens is 362 g/mol. The monoisotopic (exact) mass is 383 g/mol. The molecule has 0 atom stereocenters.